The lowest BCUT2D eigenvalue weighted by molar-refractivity contribution is -0.142. The number of fused-ring (bicyclic) bond motifs is 1. The summed E-state index contributed by atoms with van der Waals surface area (Å²) in [6, 6.07) is 11.2. The number of hydrogen-bond acceptors (Lipinski definition) is 7. The number of ether oxygens (including phenoxy) is 1. The Hall–Kier alpha value is -4.31. The molecule has 2 aliphatic heterocycles. The van der Waals surface area contributed by atoms with Crippen molar-refractivity contribution in [2.75, 3.05) is 13.7 Å². The number of nitrogens with zero attached hydrogens (tertiary/aromatic N) is 3. The van der Waals surface area contributed by atoms with Gasteiger partial charge in [0.05, 0.1) is 13.2 Å². The molecule has 3 N–H and O–H groups in total. The fraction of sp³-hybridized carbons (Fsp3) is 0.333. The number of amides is 2. The molecule has 0 bridgehead atoms. The number of nitrogens with two attached hydrogens (primary N) is 1. The molecule has 0 fully saturated rings. The Labute approximate surface area is 233 Å². The van der Waals surface area contributed by atoms with Gasteiger partial charge in [-0.3, -0.25) is 14.6 Å². The number of aliphatic imine (C=N–C) groups is 1. The van der Waals surface area contributed by atoms with Gasteiger partial charge in [0.1, 0.15) is 23.4 Å². The average molecular weight is 548 g/mol. The summed E-state index contributed by atoms with van der Waals surface area (Å²) in [4.78, 5) is 43.9. The first kappa shape index (κ1) is 28.7. The highest BCUT2D eigenvalue weighted by Gasteiger charge is 2.31. The predicted molar refractivity (Wildman–Crippen MR) is 149 cm³/mol. The molecule has 2 amide bonds. The molecule has 0 spiro atoms. The van der Waals surface area contributed by atoms with Crippen molar-refractivity contribution in [2.24, 2.45) is 10.8 Å². The van der Waals surface area contributed by atoms with Crippen LogP contribution in [0.5, 0.6) is 0 Å². The van der Waals surface area contributed by atoms with Gasteiger partial charge in [-0.25, -0.2) is 20.0 Å². The maximum Gasteiger partial charge on any atom is 0.328 e. The minimum absolute atomic E-state index is 0.0714. The van der Waals surface area contributed by atoms with Crippen LogP contribution in [0.2, 0.25) is 0 Å². The Morgan fingerprint density at radius 2 is 2.00 bits per heavy atom. The van der Waals surface area contributed by atoms with Gasteiger partial charge in [-0.15, -0.1) is 0 Å². The first-order valence-corrected chi connectivity index (χ1v) is 13.2. The zero-order valence-corrected chi connectivity index (χ0v) is 23.1. The fourth-order valence-corrected chi connectivity index (χ4v) is 4.88. The molecule has 2 heterocycles. The van der Waals surface area contributed by atoms with Gasteiger partial charge in [-0.1, -0.05) is 37.3 Å². The van der Waals surface area contributed by atoms with E-state index in [-0.39, 0.29) is 29.6 Å². The van der Waals surface area contributed by atoms with Crippen LogP contribution < -0.4 is 11.2 Å². The van der Waals surface area contributed by atoms with E-state index in [1.807, 2.05) is 36.9 Å². The second-order valence-corrected chi connectivity index (χ2v) is 9.77. The van der Waals surface area contributed by atoms with E-state index in [2.05, 4.69) is 21.1 Å². The molecule has 0 aliphatic carbocycles. The minimum Gasteiger partial charge on any atom is -0.467 e. The minimum atomic E-state index is -0.870. The number of esters is 1. The summed E-state index contributed by atoms with van der Waals surface area (Å²) in [5.74, 6) is 4.65. The zero-order valence-electron chi connectivity index (χ0n) is 23.1. The summed E-state index contributed by atoms with van der Waals surface area (Å²) in [6.07, 6.45) is 4.83. The van der Waals surface area contributed by atoms with Gasteiger partial charge >= 0.3 is 5.97 Å². The fourth-order valence-electron chi connectivity index (χ4n) is 4.88. The third-order valence-corrected chi connectivity index (χ3v) is 7.25. The van der Waals surface area contributed by atoms with E-state index in [1.165, 1.54) is 36.7 Å². The molecule has 9 nitrogen and oxygen atoms in total. The van der Waals surface area contributed by atoms with Crippen LogP contribution in [0.25, 0.3) is 0 Å². The largest absolute Gasteiger partial charge is 0.467 e. The number of carbonyl (C=O) groups excluding carboxylic acids is 3. The summed E-state index contributed by atoms with van der Waals surface area (Å²) in [5, 5.41) is 3.87. The third-order valence-electron chi connectivity index (χ3n) is 7.25. The Bertz CT molecular complexity index is 1420. The van der Waals surface area contributed by atoms with Gasteiger partial charge in [0.2, 0.25) is 0 Å². The second-order valence-electron chi connectivity index (χ2n) is 9.77. The second kappa shape index (κ2) is 12.3. The number of nitrogens with one attached hydrogen (secondary N) is 1. The number of rotatable bonds is 7. The van der Waals surface area contributed by atoms with Crippen molar-refractivity contribution in [1.29, 1.82) is 0 Å². The van der Waals surface area contributed by atoms with E-state index >= 15 is 0 Å². The molecule has 2 aromatic carbocycles. The number of allylic oxidation sites excluding steroid dienone is 2. The summed E-state index contributed by atoms with van der Waals surface area (Å²) < 4.78 is 19.5. The Morgan fingerprint density at radius 3 is 2.70 bits per heavy atom. The summed E-state index contributed by atoms with van der Waals surface area (Å²) in [7, 11) is 1.22. The topological polar surface area (TPSA) is 117 Å². The monoisotopic (exact) mass is 547 g/mol. The van der Waals surface area contributed by atoms with Gasteiger partial charge < -0.3 is 15.0 Å². The maximum atomic E-state index is 14.9. The lowest BCUT2D eigenvalue weighted by Gasteiger charge is -2.36. The van der Waals surface area contributed by atoms with Crippen LogP contribution in [-0.2, 0) is 27.2 Å². The van der Waals surface area contributed by atoms with Crippen LogP contribution in [-0.4, -0.2) is 53.1 Å². The average Bonchev–Trinajstić information content (AvgIpc) is 2.96. The molecule has 4 rings (SSSR count). The van der Waals surface area contributed by atoms with Crippen molar-refractivity contribution >= 4 is 23.5 Å². The van der Waals surface area contributed by atoms with E-state index < -0.39 is 23.7 Å². The normalized spacial score (nSPS) is 18.4. The number of benzene rings is 2. The van der Waals surface area contributed by atoms with Gasteiger partial charge in [0.25, 0.3) is 11.8 Å². The van der Waals surface area contributed by atoms with E-state index in [9.17, 15) is 18.8 Å². The van der Waals surface area contributed by atoms with Crippen LogP contribution in [0.1, 0.15) is 60.3 Å². The van der Waals surface area contributed by atoms with E-state index in [1.54, 1.807) is 12.2 Å². The SMILES string of the molecule is CCC1=CC(C(=O)N2CCc3ccccc3C2C)=N/C(=C/Cc2ccc(C(=O)NC(C)C(=O)OC)cc2F)N1N. The molecular weight excluding hydrogens is 513 g/mol. The van der Waals surface area contributed by atoms with Crippen LogP contribution in [0.4, 0.5) is 4.39 Å². The smallest absolute Gasteiger partial charge is 0.328 e. The summed E-state index contributed by atoms with van der Waals surface area (Å²) in [6.45, 7) is 6.01. The molecule has 0 aromatic heterocycles. The lowest BCUT2D eigenvalue weighted by atomic mass is 9.93. The van der Waals surface area contributed by atoms with Gasteiger partial charge in [-0.2, -0.15) is 0 Å². The molecule has 40 heavy (non-hydrogen) atoms. The molecule has 2 aliphatic rings. The number of methoxy groups -OCH3 is 1. The highest BCUT2D eigenvalue weighted by Crippen LogP contribution is 2.30. The Morgan fingerprint density at radius 1 is 1.25 bits per heavy atom. The van der Waals surface area contributed by atoms with Crippen LogP contribution in [0.3, 0.4) is 0 Å². The van der Waals surface area contributed by atoms with Gasteiger partial charge in [0.15, 0.2) is 0 Å². The van der Waals surface area contributed by atoms with Crippen molar-refractivity contribution in [3.8, 4) is 0 Å². The van der Waals surface area contributed by atoms with E-state index in [4.69, 9.17) is 5.84 Å². The van der Waals surface area contributed by atoms with E-state index in [0.29, 0.717) is 30.0 Å². The molecule has 210 valence electrons. The number of carbonyl (C=O) groups is 3. The quantitative estimate of drug-likeness (QED) is 0.404. The molecule has 2 aromatic rings. The molecular formula is C30H34FN5O4. The number of hydrazine groups is 1. The molecule has 2 unspecified atom stereocenters. The van der Waals surface area contributed by atoms with Gasteiger partial charge in [-0.05, 0) is 74.1 Å². The van der Waals surface area contributed by atoms with Crippen LogP contribution >= 0.6 is 0 Å². The first-order chi connectivity index (χ1) is 19.1. The van der Waals surface area contributed by atoms with Crippen molar-refractivity contribution in [2.45, 2.75) is 52.1 Å². The molecule has 0 radical (unpaired) electrons. The molecule has 0 saturated heterocycles. The molecule has 0 saturated carbocycles. The van der Waals surface area contributed by atoms with Crippen LogP contribution in [0, 0.1) is 5.82 Å². The highest BCUT2D eigenvalue weighted by atomic mass is 19.1. The standard InChI is InChI=1S/C30H34FN5O4/c1-5-23-17-26(29(38)35-15-14-20-8-6-7-9-24(20)19(35)3)34-27(36(23)32)13-12-21-10-11-22(16-25(21)31)28(37)33-18(2)30(39)40-4/h6-11,13,16-19H,5,12,14-15,32H2,1-4H3,(H,33,37)/b27-13-. The summed E-state index contributed by atoms with van der Waals surface area (Å²) in [5.41, 5.74) is 3.75. The van der Waals surface area contributed by atoms with Gasteiger partial charge in [0, 0.05) is 17.8 Å². The first-order valence-electron chi connectivity index (χ1n) is 13.2. The van der Waals surface area contributed by atoms with Crippen LogP contribution in [0.15, 0.2) is 71.1 Å². The summed E-state index contributed by atoms with van der Waals surface area (Å²) >= 11 is 0. The van der Waals surface area contributed by atoms with E-state index in [0.717, 1.165) is 18.1 Å². The highest BCUT2D eigenvalue weighted by molar-refractivity contribution is 6.43. The molecule has 10 heteroatoms. The number of hydrogen-bond donors (Lipinski definition) is 2. The predicted octanol–water partition coefficient (Wildman–Crippen LogP) is 3.57. The number of halogens is 1. The molecule has 2 atom stereocenters. The van der Waals surface area contributed by atoms with Crippen molar-refractivity contribution in [3.05, 3.63) is 94.2 Å². The van der Waals surface area contributed by atoms with Crippen molar-refractivity contribution in [1.82, 2.24) is 15.2 Å². The Kier molecular flexibility index (Phi) is 8.79. The Balaban J connectivity index is 1.53. The third kappa shape index (κ3) is 5.96. The lowest BCUT2D eigenvalue weighted by Crippen LogP contribution is -2.44. The van der Waals surface area contributed by atoms with Crippen molar-refractivity contribution < 1.29 is 23.5 Å². The maximum absolute atomic E-state index is 14.9. The zero-order chi connectivity index (χ0) is 29.0. The van der Waals surface area contributed by atoms with Crippen molar-refractivity contribution in [3.63, 3.8) is 0 Å².